The maximum atomic E-state index is 11.6. The van der Waals surface area contributed by atoms with Crippen molar-refractivity contribution < 1.29 is 9.90 Å². The summed E-state index contributed by atoms with van der Waals surface area (Å²) >= 11 is 0. The molecule has 0 heterocycles. The number of carbonyl (C=O) groups is 1. The van der Waals surface area contributed by atoms with Gasteiger partial charge in [-0.25, -0.2) is 4.79 Å². The van der Waals surface area contributed by atoms with E-state index in [0.29, 0.717) is 5.57 Å². The van der Waals surface area contributed by atoms with Gasteiger partial charge in [-0.1, -0.05) is 200 Å². The Balaban J connectivity index is 3.40. The molecule has 1 N–H and O–H groups in total. The molecule has 2 heteroatoms. The predicted octanol–water partition coefficient (Wildman–Crippen LogP) is 13.5. The molecule has 0 bridgehead atoms. The van der Waals surface area contributed by atoms with Gasteiger partial charge in [-0.3, -0.25) is 0 Å². The third-order valence-electron chi connectivity index (χ3n) is 8.52. The summed E-state index contributed by atoms with van der Waals surface area (Å²) in [6.45, 7) is 4.56. The molecule has 0 aliphatic carbocycles. The molecule has 0 aromatic heterocycles. The standard InChI is InChI=1S/C37H72O2/c1-3-5-7-9-11-13-15-16-17-18-19-20-21-22-23-24-25-27-29-31-33-35-36(37(38)39)34-32-30-28-26-14-12-10-8-6-4-2/h35H,3-34H2,1-2H3,(H,38,39). The Kier molecular flexibility index (Phi) is 32.7. The number of aliphatic carboxylic acids is 1. The first-order valence-electron chi connectivity index (χ1n) is 18.1. The van der Waals surface area contributed by atoms with E-state index in [1.807, 2.05) is 6.08 Å². The van der Waals surface area contributed by atoms with E-state index in [4.69, 9.17) is 0 Å². The van der Waals surface area contributed by atoms with E-state index in [1.54, 1.807) is 0 Å². The van der Waals surface area contributed by atoms with Crippen LogP contribution < -0.4 is 0 Å². The van der Waals surface area contributed by atoms with E-state index in [2.05, 4.69) is 13.8 Å². The van der Waals surface area contributed by atoms with Gasteiger partial charge in [0.25, 0.3) is 0 Å². The van der Waals surface area contributed by atoms with Crippen molar-refractivity contribution in [3.8, 4) is 0 Å². The number of carboxylic acids is 1. The molecule has 0 aromatic carbocycles. The second-order valence-electron chi connectivity index (χ2n) is 12.5. The quantitative estimate of drug-likeness (QED) is 0.0654. The summed E-state index contributed by atoms with van der Waals surface area (Å²) in [5.41, 5.74) is 0.660. The first-order valence-corrected chi connectivity index (χ1v) is 18.1. The molecule has 2 nitrogen and oxygen atoms in total. The highest BCUT2D eigenvalue weighted by molar-refractivity contribution is 5.86. The summed E-state index contributed by atoms with van der Waals surface area (Å²) < 4.78 is 0. The molecule has 39 heavy (non-hydrogen) atoms. The molecule has 0 atom stereocenters. The van der Waals surface area contributed by atoms with Gasteiger partial charge >= 0.3 is 5.97 Å². The monoisotopic (exact) mass is 549 g/mol. The van der Waals surface area contributed by atoms with Crippen molar-refractivity contribution in [3.63, 3.8) is 0 Å². The Bertz CT molecular complexity index is 510. The number of allylic oxidation sites excluding steroid dienone is 1. The number of hydrogen-bond donors (Lipinski definition) is 1. The predicted molar refractivity (Wildman–Crippen MR) is 175 cm³/mol. The van der Waals surface area contributed by atoms with Gasteiger partial charge in [0.05, 0.1) is 0 Å². The van der Waals surface area contributed by atoms with Crippen LogP contribution in [0.25, 0.3) is 0 Å². The molecular weight excluding hydrogens is 476 g/mol. The summed E-state index contributed by atoms with van der Waals surface area (Å²) in [5.74, 6) is -0.695. The number of carboxylic acid groups (broad SMARTS) is 1. The highest BCUT2D eigenvalue weighted by Gasteiger charge is 2.06. The van der Waals surface area contributed by atoms with Gasteiger partial charge in [-0.2, -0.15) is 0 Å². The van der Waals surface area contributed by atoms with E-state index < -0.39 is 5.97 Å². The van der Waals surface area contributed by atoms with Crippen LogP contribution in [0.2, 0.25) is 0 Å². The molecule has 0 rings (SSSR count). The van der Waals surface area contributed by atoms with E-state index in [-0.39, 0.29) is 0 Å². The second-order valence-corrected chi connectivity index (χ2v) is 12.5. The van der Waals surface area contributed by atoms with Crippen LogP contribution in [0, 0.1) is 0 Å². The van der Waals surface area contributed by atoms with Crippen LogP contribution in [-0.4, -0.2) is 11.1 Å². The Hall–Kier alpha value is -0.790. The molecule has 0 aromatic rings. The van der Waals surface area contributed by atoms with Crippen LogP contribution in [-0.2, 0) is 4.79 Å². The van der Waals surface area contributed by atoms with Crippen LogP contribution in [0.1, 0.15) is 219 Å². The van der Waals surface area contributed by atoms with Gasteiger partial charge in [0, 0.05) is 5.57 Å². The summed E-state index contributed by atoms with van der Waals surface area (Å²) in [6, 6.07) is 0. The molecule has 232 valence electrons. The Morgan fingerprint density at radius 3 is 0.949 bits per heavy atom. The van der Waals surface area contributed by atoms with Crippen molar-refractivity contribution in [2.24, 2.45) is 0 Å². The largest absolute Gasteiger partial charge is 0.478 e. The summed E-state index contributed by atoms with van der Waals surface area (Å²) in [6.07, 6.45) is 44.7. The molecule has 0 spiro atoms. The van der Waals surface area contributed by atoms with Crippen LogP contribution >= 0.6 is 0 Å². The van der Waals surface area contributed by atoms with Crippen LogP contribution in [0.5, 0.6) is 0 Å². The lowest BCUT2D eigenvalue weighted by molar-refractivity contribution is -0.132. The van der Waals surface area contributed by atoms with Gasteiger partial charge in [-0.05, 0) is 25.7 Å². The minimum atomic E-state index is -0.695. The van der Waals surface area contributed by atoms with E-state index in [1.165, 1.54) is 180 Å². The van der Waals surface area contributed by atoms with Crippen molar-refractivity contribution in [2.75, 3.05) is 0 Å². The van der Waals surface area contributed by atoms with Gasteiger partial charge in [0.1, 0.15) is 0 Å². The zero-order chi connectivity index (χ0) is 28.5. The third kappa shape index (κ3) is 31.6. The van der Waals surface area contributed by atoms with E-state index >= 15 is 0 Å². The smallest absolute Gasteiger partial charge is 0.331 e. The lowest BCUT2D eigenvalue weighted by Gasteiger charge is -2.05. The minimum Gasteiger partial charge on any atom is -0.478 e. The van der Waals surface area contributed by atoms with Crippen molar-refractivity contribution in [2.45, 2.75) is 219 Å². The Morgan fingerprint density at radius 2 is 0.667 bits per heavy atom. The topological polar surface area (TPSA) is 37.3 Å². The Morgan fingerprint density at radius 1 is 0.410 bits per heavy atom. The average molecular weight is 549 g/mol. The SMILES string of the molecule is CCCCCCCCCCCCCCCCCCCCCCC=C(CCCCCCCCCCCC)C(=O)O. The van der Waals surface area contributed by atoms with E-state index in [0.717, 1.165) is 25.7 Å². The molecule has 0 aliphatic rings. The van der Waals surface area contributed by atoms with Crippen LogP contribution in [0.3, 0.4) is 0 Å². The number of unbranched alkanes of at least 4 members (excludes halogenated alkanes) is 29. The minimum absolute atomic E-state index is 0.660. The second kappa shape index (κ2) is 33.4. The molecule has 0 aliphatic heterocycles. The van der Waals surface area contributed by atoms with Gasteiger partial charge < -0.3 is 5.11 Å². The summed E-state index contributed by atoms with van der Waals surface area (Å²) in [4.78, 5) is 11.6. The van der Waals surface area contributed by atoms with Gasteiger partial charge in [0.15, 0.2) is 0 Å². The number of hydrogen-bond acceptors (Lipinski definition) is 1. The van der Waals surface area contributed by atoms with Crippen molar-refractivity contribution in [1.29, 1.82) is 0 Å². The maximum Gasteiger partial charge on any atom is 0.331 e. The van der Waals surface area contributed by atoms with Crippen molar-refractivity contribution in [1.82, 2.24) is 0 Å². The number of rotatable bonds is 33. The molecule has 0 radical (unpaired) electrons. The molecular formula is C37H72O2. The summed E-state index contributed by atoms with van der Waals surface area (Å²) in [7, 11) is 0. The fraction of sp³-hybridized carbons (Fsp3) is 0.919. The molecule has 0 fully saturated rings. The average Bonchev–Trinajstić information content (AvgIpc) is 2.93. The van der Waals surface area contributed by atoms with Gasteiger partial charge in [-0.15, -0.1) is 0 Å². The zero-order valence-corrected chi connectivity index (χ0v) is 27.1. The fourth-order valence-electron chi connectivity index (χ4n) is 5.78. The maximum absolute atomic E-state index is 11.6. The zero-order valence-electron chi connectivity index (χ0n) is 27.1. The molecule has 0 saturated heterocycles. The molecule has 0 amide bonds. The van der Waals surface area contributed by atoms with Crippen LogP contribution in [0.15, 0.2) is 11.6 Å². The molecule has 0 unspecified atom stereocenters. The van der Waals surface area contributed by atoms with Crippen molar-refractivity contribution in [3.05, 3.63) is 11.6 Å². The fourth-order valence-corrected chi connectivity index (χ4v) is 5.78. The highest BCUT2D eigenvalue weighted by atomic mass is 16.4. The lowest BCUT2D eigenvalue weighted by atomic mass is 10.0. The van der Waals surface area contributed by atoms with E-state index in [9.17, 15) is 9.90 Å². The Labute approximate surface area is 246 Å². The first kappa shape index (κ1) is 38.2. The van der Waals surface area contributed by atoms with Crippen LogP contribution in [0.4, 0.5) is 0 Å². The normalized spacial score (nSPS) is 11.9. The lowest BCUT2D eigenvalue weighted by Crippen LogP contribution is -2.00. The van der Waals surface area contributed by atoms with Gasteiger partial charge in [0.2, 0.25) is 0 Å². The first-order chi connectivity index (χ1) is 19.2. The molecule has 0 saturated carbocycles. The third-order valence-corrected chi connectivity index (χ3v) is 8.52. The van der Waals surface area contributed by atoms with Crippen molar-refractivity contribution >= 4 is 5.97 Å². The summed E-state index contributed by atoms with van der Waals surface area (Å²) in [5, 5.41) is 9.51. The highest BCUT2D eigenvalue weighted by Crippen LogP contribution is 2.17.